The van der Waals surface area contributed by atoms with Crippen LogP contribution in [0, 0.1) is 0 Å². The van der Waals surface area contributed by atoms with Gasteiger partial charge in [-0.3, -0.25) is 0 Å². The van der Waals surface area contributed by atoms with Crippen LogP contribution in [0.5, 0.6) is 0 Å². The van der Waals surface area contributed by atoms with Crippen LogP contribution in [-0.2, 0) is 5.41 Å². The number of anilines is 3. The largest absolute Gasteiger partial charge is 0.455 e. The van der Waals surface area contributed by atoms with Crippen molar-refractivity contribution in [3.63, 3.8) is 0 Å². The Kier molecular flexibility index (Phi) is 8.55. The summed E-state index contributed by atoms with van der Waals surface area (Å²) < 4.78 is 6.69. The van der Waals surface area contributed by atoms with Crippen molar-refractivity contribution >= 4 is 49.8 Å². The van der Waals surface area contributed by atoms with E-state index in [-0.39, 0.29) is 5.41 Å². The van der Waals surface area contributed by atoms with E-state index in [0.717, 1.165) is 55.5 Å². The lowest BCUT2D eigenvalue weighted by Crippen LogP contribution is -2.16. The minimum absolute atomic E-state index is 0.111. The highest BCUT2D eigenvalue weighted by molar-refractivity contribution is 6.19. The zero-order valence-electron chi connectivity index (χ0n) is 35.2. The van der Waals surface area contributed by atoms with E-state index in [2.05, 4.69) is 243 Å². The third-order valence-electron chi connectivity index (χ3n) is 13.3. The number of nitrogens with zero attached hydrogens (tertiary/aromatic N) is 1. The van der Waals surface area contributed by atoms with Crippen LogP contribution < -0.4 is 4.90 Å². The average molecular weight is 806 g/mol. The van der Waals surface area contributed by atoms with E-state index in [0.29, 0.717) is 0 Å². The Hall–Kier alpha value is -7.94. The van der Waals surface area contributed by atoms with Crippen molar-refractivity contribution in [2.75, 3.05) is 4.90 Å². The molecule has 12 rings (SSSR count). The molecule has 0 atom stereocenters. The van der Waals surface area contributed by atoms with Gasteiger partial charge in [-0.1, -0.05) is 196 Å². The summed E-state index contributed by atoms with van der Waals surface area (Å²) >= 11 is 0. The molecule has 298 valence electrons. The Labute approximate surface area is 368 Å². The van der Waals surface area contributed by atoms with E-state index < -0.39 is 0 Å². The summed E-state index contributed by atoms with van der Waals surface area (Å²) in [7, 11) is 0. The van der Waals surface area contributed by atoms with Crippen LogP contribution in [0.1, 0.15) is 25.0 Å². The summed E-state index contributed by atoms with van der Waals surface area (Å²) in [6.07, 6.45) is 0. The maximum Gasteiger partial charge on any atom is 0.143 e. The molecule has 11 aromatic rings. The lowest BCUT2D eigenvalue weighted by molar-refractivity contribution is 0.662. The molecule has 2 heteroatoms. The van der Waals surface area contributed by atoms with E-state index in [1.165, 1.54) is 61.0 Å². The summed E-state index contributed by atoms with van der Waals surface area (Å²) in [5.74, 6) is 0. The molecule has 1 heterocycles. The van der Waals surface area contributed by atoms with E-state index in [9.17, 15) is 0 Å². The quantitative estimate of drug-likeness (QED) is 0.160. The predicted molar refractivity (Wildman–Crippen MR) is 265 cm³/mol. The first kappa shape index (κ1) is 36.9. The van der Waals surface area contributed by atoms with Crippen molar-refractivity contribution in [1.29, 1.82) is 0 Å². The third-order valence-corrected chi connectivity index (χ3v) is 13.3. The first-order valence-corrected chi connectivity index (χ1v) is 21.8. The second kappa shape index (κ2) is 14.6. The van der Waals surface area contributed by atoms with Gasteiger partial charge in [-0.15, -0.1) is 0 Å². The fourth-order valence-corrected chi connectivity index (χ4v) is 10.3. The number of para-hydroxylation sites is 1. The highest BCUT2D eigenvalue weighted by Gasteiger charge is 2.37. The Balaban J connectivity index is 0.996. The van der Waals surface area contributed by atoms with Crippen LogP contribution in [-0.4, -0.2) is 0 Å². The van der Waals surface area contributed by atoms with Crippen molar-refractivity contribution in [2.24, 2.45) is 0 Å². The van der Waals surface area contributed by atoms with Gasteiger partial charge in [0.05, 0.1) is 5.69 Å². The molecular weight excluding hydrogens is 763 g/mol. The van der Waals surface area contributed by atoms with Gasteiger partial charge in [-0.2, -0.15) is 0 Å². The molecule has 1 aromatic heterocycles. The summed E-state index contributed by atoms with van der Waals surface area (Å²) in [6, 6.07) is 81.5. The first-order chi connectivity index (χ1) is 31.0. The number of fused-ring (bicyclic) bond motifs is 8. The van der Waals surface area contributed by atoms with Gasteiger partial charge in [0, 0.05) is 38.5 Å². The molecule has 63 heavy (non-hydrogen) atoms. The Morgan fingerprint density at radius 2 is 0.905 bits per heavy atom. The first-order valence-electron chi connectivity index (χ1n) is 21.8. The molecule has 0 N–H and O–H groups in total. The van der Waals surface area contributed by atoms with Gasteiger partial charge in [0.15, 0.2) is 0 Å². The Bertz CT molecular complexity index is 3500. The highest BCUT2D eigenvalue weighted by Crippen LogP contribution is 2.52. The smallest absolute Gasteiger partial charge is 0.143 e. The Morgan fingerprint density at radius 3 is 1.65 bits per heavy atom. The molecule has 0 saturated carbocycles. The van der Waals surface area contributed by atoms with Crippen LogP contribution in [0.3, 0.4) is 0 Å². The lowest BCUT2D eigenvalue weighted by atomic mass is 9.79. The normalized spacial score (nSPS) is 12.7. The standard InChI is InChI=1S/C61H43NO/c1-61(2)55-23-10-8-18-50(55)53-22-12-20-48(59(53)61)45-32-37-47(38-33-45)62(46-35-30-43(31-36-46)42-28-26-41(27-29-42)40-14-4-3-5-15-40)56-24-11-9-19-51(56)52-21-13-25-57-58(52)54-39-34-44-16-6-7-17-49(44)60(54)63-57/h3-39H,1-2H3. The molecule has 0 amide bonds. The topological polar surface area (TPSA) is 16.4 Å². The van der Waals surface area contributed by atoms with Crippen molar-refractivity contribution in [1.82, 2.24) is 0 Å². The molecule has 0 bridgehead atoms. The van der Waals surface area contributed by atoms with E-state index >= 15 is 0 Å². The summed E-state index contributed by atoms with van der Waals surface area (Å²) in [4.78, 5) is 2.41. The Morgan fingerprint density at radius 1 is 0.365 bits per heavy atom. The van der Waals surface area contributed by atoms with E-state index in [1.54, 1.807) is 0 Å². The maximum atomic E-state index is 6.69. The fourth-order valence-electron chi connectivity index (χ4n) is 10.3. The molecule has 0 unspecified atom stereocenters. The number of hydrogen-bond acceptors (Lipinski definition) is 2. The van der Waals surface area contributed by atoms with Gasteiger partial charge in [-0.05, 0) is 109 Å². The third kappa shape index (κ3) is 6.02. The molecule has 1 aliphatic carbocycles. The number of rotatable bonds is 7. The molecule has 2 nitrogen and oxygen atoms in total. The van der Waals surface area contributed by atoms with Gasteiger partial charge in [-0.25, -0.2) is 0 Å². The number of furan rings is 1. The summed E-state index contributed by atoms with van der Waals surface area (Å²) in [6.45, 7) is 4.73. The average Bonchev–Trinajstić information content (AvgIpc) is 3.85. The number of benzene rings is 10. The van der Waals surface area contributed by atoms with Crippen molar-refractivity contribution < 1.29 is 4.42 Å². The minimum Gasteiger partial charge on any atom is -0.455 e. The van der Waals surface area contributed by atoms with Gasteiger partial charge in [0.1, 0.15) is 11.2 Å². The van der Waals surface area contributed by atoms with Crippen molar-refractivity contribution in [2.45, 2.75) is 19.3 Å². The SMILES string of the molecule is CC1(C)c2ccccc2-c2cccc(-c3ccc(N(c4ccc(-c5ccc(-c6ccccc6)cc5)cc4)c4ccccc4-c4cccc5oc6c7ccccc7ccc6c45)cc3)c21. The zero-order chi connectivity index (χ0) is 42.1. The molecular formula is C61H43NO. The van der Waals surface area contributed by atoms with Gasteiger partial charge < -0.3 is 9.32 Å². The lowest BCUT2D eigenvalue weighted by Gasteiger charge is -2.29. The molecule has 0 aliphatic heterocycles. The molecule has 0 radical (unpaired) electrons. The predicted octanol–water partition coefficient (Wildman–Crippen LogP) is 17.2. The molecule has 10 aromatic carbocycles. The second-order valence-electron chi connectivity index (χ2n) is 17.2. The second-order valence-corrected chi connectivity index (χ2v) is 17.2. The minimum atomic E-state index is -0.111. The molecule has 1 aliphatic rings. The van der Waals surface area contributed by atoms with E-state index in [1.807, 2.05) is 0 Å². The molecule has 0 fully saturated rings. The van der Waals surface area contributed by atoms with Crippen molar-refractivity contribution in [3.05, 3.63) is 236 Å². The van der Waals surface area contributed by atoms with Crippen LogP contribution in [0.25, 0.3) is 88.3 Å². The van der Waals surface area contributed by atoms with Crippen LogP contribution in [0.4, 0.5) is 17.1 Å². The van der Waals surface area contributed by atoms with Gasteiger partial charge in [0.25, 0.3) is 0 Å². The molecule has 0 spiro atoms. The zero-order valence-corrected chi connectivity index (χ0v) is 35.2. The summed E-state index contributed by atoms with van der Waals surface area (Å²) in [5, 5.41) is 4.54. The van der Waals surface area contributed by atoms with Crippen LogP contribution in [0.2, 0.25) is 0 Å². The fraction of sp³-hybridized carbons (Fsp3) is 0.0492. The van der Waals surface area contributed by atoms with Gasteiger partial charge >= 0.3 is 0 Å². The van der Waals surface area contributed by atoms with Crippen molar-refractivity contribution in [3.8, 4) is 55.6 Å². The van der Waals surface area contributed by atoms with Crippen LogP contribution >= 0.6 is 0 Å². The monoisotopic (exact) mass is 805 g/mol. The number of hydrogen-bond donors (Lipinski definition) is 0. The van der Waals surface area contributed by atoms with E-state index in [4.69, 9.17) is 4.42 Å². The van der Waals surface area contributed by atoms with Crippen LogP contribution in [0.15, 0.2) is 229 Å². The molecule has 0 saturated heterocycles. The maximum absolute atomic E-state index is 6.69. The summed E-state index contributed by atoms with van der Waals surface area (Å²) in [5.41, 5.74) is 19.9. The highest BCUT2D eigenvalue weighted by atomic mass is 16.3. The van der Waals surface area contributed by atoms with Gasteiger partial charge in [0.2, 0.25) is 0 Å².